The van der Waals surface area contributed by atoms with E-state index in [1.807, 2.05) is 0 Å². The van der Waals surface area contributed by atoms with Crippen molar-refractivity contribution in [2.24, 2.45) is 47.3 Å². The Labute approximate surface area is 205 Å². The molecule has 30 heavy (non-hydrogen) atoms. The van der Waals surface area contributed by atoms with Crippen LogP contribution >= 0.6 is 17.0 Å². The molecule has 2 fully saturated rings. The number of hydrogen-bond donors (Lipinski definition) is 0. The first kappa shape index (κ1) is 28.2. The fourth-order valence-corrected chi connectivity index (χ4v) is 6.46. The van der Waals surface area contributed by atoms with Gasteiger partial charge in [-0.1, -0.05) is 82.3 Å². The molecule has 0 amide bonds. The molecule has 2 saturated carbocycles. The van der Waals surface area contributed by atoms with Gasteiger partial charge in [-0.3, -0.25) is 0 Å². The van der Waals surface area contributed by atoms with Crippen LogP contribution < -0.4 is 0 Å². The van der Waals surface area contributed by atoms with Crippen LogP contribution in [0.1, 0.15) is 52.0 Å². The molecule has 3 aliphatic rings. The second kappa shape index (κ2) is 13.0. The van der Waals surface area contributed by atoms with Crippen molar-refractivity contribution in [3.63, 3.8) is 0 Å². The average Bonchev–Trinajstić information content (AvgIpc) is 3.17. The molecule has 0 N–H and O–H groups in total. The van der Waals surface area contributed by atoms with Gasteiger partial charge in [0.2, 0.25) is 0 Å². The number of benzene rings is 1. The SMILES string of the molecule is CC1C(C)C(C)C(CC2CC(c3ccccc3)C3C=CC=CC23)C1C.[CH3-].[CH3-].[Cl][Zr+2][Cl]. The van der Waals surface area contributed by atoms with Crippen molar-refractivity contribution in [1.29, 1.82) is 0 Å². The fraction of sp³-hybridized carbons (Fsp3) is 0.556. The predicted octanol–water partition coefficient (Wildman–Crippen LogP) is 8.99. The number of halogens is 2. The summed E-state index contributed by atoms with van der Waals surface area (Å²) in [5.41, 5.74) is 1.55. The molecular formula is C27H40Cl2Zr. The molecule has 3 heteroatoms. The third kappa shape index (κ3) is 5.94. The minimum absolute atomic E-state index is 0. The van der Waals surface area contributed by atoms with Crippen molar-refractivity contribution >= 4 is 17.0 Å². The van der Waals surface area contributed by atoms with E-state index in [0.717, 1.165) is 41.4 Å². The van der Waals surface area contributed by atoms with Gasteiger partial charge in [0.15, 0.2) is 0 Å². The van der Waals surface area contributed by atoms with Gasteiger partial charge in [-0.25, -0.2) is 0 Å². The molecule has 0 nitrogen and oxygen atoms in total. The van der Waals surface area contributed by atoms with E-state index >= 15 is 0 Å². The Bertz CT molecular complexity index is 657. The van der Waals surface area contributed by atoms with Gasteiger partial charge in [-0.05, 0) is 71.7 Å². The first-order chi connectivity index (χ1) is 13.5. The van der Waals surface area contributed by atoms with E-state index in [2.05, 4.69) is 82.3 Å². The summed E-state index contributed by atoms with van der Waals surface area (Å²) >= 11 is -0.826. The Morgan fingerprint density at radius 2 is 1.30 bits per heavy atom. The van der Waals surface area contributed by atoms with Gasteiger partial charge < -0.3 is 14.9 Å². The van der Waals surface area contributed by atoms with Gasteiger partial charge in [0.1, 0.15) is 0 Å². The molecule has 4 rings (SSSR count). The molecule has 0 aliphatic heterocycles. The minimum atomic E-state index is -0.826. The van der Waals surface area contributed by atoms with E-state index in [1.54, 1.807) is 5.56 Å². The molecule has 0 heterocycles. The Hall–Kier alpha value is 0.163. The van der Waals surface area contributed by atoms with E-state index in [4.69, 9.17) is 17.0 Å². The van der Waals surface area contributed by atoms with Crippen molar-refractivity contribution in [1.82, 2.24) is 0 Å². The second-order valence-corrected chi connectivity index (χ2v) is 13.1. The molecule has 1 aromatic rings. The van der Waals surface area contributed by atoms with Crippen LogP contribution in [0.4, 0.5) is 0 Å². The van der Waals surface area contributed by atoms with Crippen LogP contribution in [0.25, 0.3) is 0 Å². The molecule has 0 bridgehead atoms. The van der Waals surface area contributed by atoms with Crippen LogP contribution in [-0.4, -0.2) is 0 Å². The first-order valence-corrected chi connectivity index (χ1v) is 17.2. The zero-order valence-corrected chi connectivity index (χ0v) is 23.5. The number of fused-ring (bicyclic) bond motifs is 1. The Morgan fingerprint density at radius 3 is 1.83 bits per heavy atom. The summed E-state index contributed by atoms with van der Waals surface area (Å²) in [7, 11) is 9.87. The summed E-state index contributed by atoms with van der Waals surface area (Å²) in [6.07, 6.45) is 12.4. The van der Waals surface area contributed by atoms with Crippen LogP contribution in [0.3, 0.4) is 0 Å². The zero-order valence-electron chi connectivity index (χ0n) is 19.6. The molecule has 0 aromatic heterocycles. The van der Waals surface area contributed by atoms with E-state index in [9.17, 15) is 0 Å². The standard InChI is InChI=1S/C25H34.2CH3.2ClH.Zr/c1-16-17(2)19(4)24(18(16)3)14-21-15-25(20-10-6-5-7-11-20)23-13-9-8-12-22(21)23;;;;;/h5-13,16-19,21-25H,14-15H2,1-4H3;2*1H3;2*1H;/q;2*-1;;;+4/p-2. The molecule has 8 unspecified atom stereocenters. The van der Waals surface area contributed by atoms with Crippen molar-refractivity contribution in [3.05, 3.63) is 75.1 Å². The zero-order chi connectivity index (χ0) is 20.3. The van der Waals surface area contributed by atoms with E-state index in [0.29, 0.717) is 11.8 Å². The van der Waals surface area contributed by atoms with Crippen molar-refractivity contribution in [2.45, 2.75) is 46.5 Å². The van der Waals surface area contributed by atoms with Crippen molar-refractivity contribution < 1.29 is 20.8 Å². The van der Waals surface area contributed by atoms with Crippen molar-refractivity contribution in [3.8, 4) is 0 Å². The number of hydrogen-bond acceptors (Lipinski definition) is 0. The van der Waals surface area contributed by atoms with E-state index in [1.165, 1.54) is 12.8 Å². The van der Waals surface area contributed by atoms with Gasteiger partial charge in [-0.2, -0.15) is 0 Å². The third-order valence-electron chi connectivity index (χ3n) is 8.43. The summed E-state index contributed by atoms with van der Waals surface area (Å²) in [5.74, 6) is 7.44. The normalized spacial score (nSPS) is 38.4. The Morgan fingerprint density at radius 1 is 0.800 bits per heavy atom. The van der Waals surface area contributed by atoms with Gasteiger partial charge in [0, 0.05) is 0 Å². The number of allylic oxidation sites excluding steroid dienone is 4. The van der Waals surface area contributed by atoms with E-state index < -0.39 is 20.8 Å². The second-order valence-electron chi connectivity index (χ2n) is 9.34. The third-order valence-corrected chi connectivity index (χ3v) is 8.43. The summed E-state index contributed by atoms with van der Waals surface area (Å²) in [6.45, 7) is 10.0. The summed E-state index contributed by atoms with van der Waals surface area (Å²) in [5, 5.41) is 0. The van der Waals surface area contributed by atoms with Gasteiger partial charge in [-0.15, -0.1) is 0 Å². The average molecular weight is 527 g/mol. The van der Waals surface area contributed by atoms with Crippen LogP contribution in [0.15, 0.2) is 54.6 Å². The molecule has 1 aromatic carbocycles. The number of rotatable bonds is 3. The molecule has 0 radical (unpaired) electrons. The van der Waals surface area contributed by atoms with Crippen LogP contribution in [0.2, 0.25) is 0 Å². The van der Waals surface area contributed by atoms with Gasteiger partial charge in [0.25, 0.3) is 0 Å². The van der Waals surface area contributed by atoms with Crippen LogP contribution in [0, 0.1) is 62.2 Å². The fourth-order valence-electron chi connectivity index (χ4n) is 6.46. The topological polar surface area (TPSA) is 0 Å². The molecule has 8 atom stereocenters. The van der Waals surface area contributed by atoms with Gasteiger partial charge in [0.05, 0.1) is 0 Å². The molecular weight excluding hydrogens is 486 g/mol. The molecule has 0 spiro atoms. The maximum atomic E-state index is 4.93. The monoisotopic (exact) mass is 524 g/mol. The molecule has 0 saturated heterocycles. The van der Waals surface area contributed by atoms with Crippen LogP contribution in [-0.2, 0) is 20.8 Å². The molecule has 166 valence electrons. The Kier molecular flexibility index (Phi) is 12.2. The maximum absolute atomic E-state index is 4.93. The van der Waals surface area contributed by atoms with E-state index in [-0.39, 0.29) is 14.9 Å². The van der Waals surface area contributed by atoms with Crippen molar-refractivity contribution in [2.75, 3.05) is 0 Å². The summed E-state index contributed by atoms with van der Waals surface area (Å²) in [4.78, 5) is 0. The molecule has 3 aliphatic carbocycles. The predicted molar refractivity (Wildman–Crippen MR) is 132 cm³/mol. The van der Waals surface area contributed by atoms with Crippen LogP contribution in [0.5, 0.6) is 0 Å². The Balaban J connectivity index is 0.000000851. The summed E-state index contributed by atoms with van der Waals surface area (Å²) < 4.78 is 0. The van der Waals surface area contributed by atoms with Gasteiger partial charge >= 0.3 is 37.9 Å². The first-order valence-electron chi connectivity index (χ1n) is 10.9. The summed E-state index contributed by atoms with van der Waals surface area (Å²) in [6, 6.07) is 11.3. The quantitative estimate of drug-likeness (QED) is 0.345.